The van der Waals surface area contributed by atoms with Gasteiger partial charge in [0.15, 0.2) is 0 Å². The molecular weight excluding hydrogens is 326 g/mol. The van der Waals surface area contributed by atoms with E-state index in [9.17, 15) is 9.59 Å². The number of likely N-dealkylation sites (tertiary alicyclic amines) is 1. The summed E-state index contributed by atoms with van der Waals surface area (Å²) in [5.74, 6) is 0.122. The van der Waals surface area contributed by atoms with Gasteiger partial charge in [0.25, 0.3) is 0 Å². The second-order valence-corrected chi connectivity index (χ2v) is 7.03. The number of carbonyl (C=O) groups is 2. The Hall–Kier alpha value is -2.43. The van der Waals surface area contributed by atoms with Crippen LogP contribution < -0.4 is 0 Å². The van der Waals surface area contributed by atoms with E-state index in [0.29, 0.717) is 13.0 Å². The third-order valence-electron chi connectivity index (χ3n) is 5.08. The van der Waals surface area contributed by atoms with Crippen LogP contribution in [0.25, 0.3) is 10.9 Å². The number of nitrogens with zero attached hydrogens (tertiary/aromatic N) is 3. The smallest absolute Gasteiger partial charge is 0.223 e. The van der Waals surface area contributed by atoms with Crippen molar-refractivity contribution in [1.82, 2.24) is 14.8 Å². The molecule has 0 spiro atoms. The van der Waals surface area contributed by atoms with E-state index in [1.54, 1.807) is 18.1 Å². The number of para-hydroxylation sites is 1. The molecule has 0 unspecified atom stereocenters. The summed E-state index contributed by atoms with van der Waals surface area (Å²) in [6, 6.07) is 9.89. The molecule has 1 fully saturated rings. The first-order valence-electron chi connectivity index (χ1n) is 9.49. The van der Waals surface area contributed by atoms with Crippen LogP contribution in [-0.4, -0.2) is 46.7 Å². The Bertz CT molecular complexity index is 761. The molecule has 0 saturated carbocycles. The molecule has 5 nitrogen and oxygen atoms in total. The van der Waals surface area contributed by atoms with Crippen LogP contribution >= 0.6 is 0 Å². The number of hydrogen-bond donors (Lipinski definition) is 0. The van der Waals surface area contributed by atoms with Gasteiger partial charge >= 0.3 is 0 Å². The van der Waals surface area contributed by atoms with E-state index in [1.165, 1.54) is 12.8 Å². The summed E-state index contributed by atoms with van der Waals surface area (Å²) in [6.45, 7) is 2.21. The van der Waals surface area contributed by atoms with Gasteiger partial charge in [-0.25, -0.2) is 0 Å². The summed E-state index contributed by atoms with van der Waals surface area (Å²) in [4.78, 5) is 32.8. The Morgan fingerprint density at radius 1 is 1.04 bits per heavy atom. The molecule has 26 heavy (non-hydrogen) atoms. The fourth-order valence-electron chi connectivity index (χ4n) is 3.52. The lowest BCUT2D eigenvalue weighted by Crippen LogP contribution is -2.33. The number of carbonyl (C=O) groups excluding carboxylic acids is 2. The quantitative estimate of drug-likeness (QED) is 0.828. The number of aromatic nitrogens is 1. The van der Waals surface area contributed by atoms with Gasteiger partial charge in [-0.05, 0) is 30.5 Å². The highest BCUT2D eigenvalue weighted by Gasteiger charge is 2.18. The summed E-state index contributed by atoms with van der Waals surface area (Å²) in [5, 5.41) is 1.07. The first kappa shape index (κ1) is 18.4. The average molecular weight is 353 g/mol. The standard InChI is InChI=1S/C21H27N3O2/c1-23(16-17-12-13-22-19-9-5-4-8-18(17)19)20(25)10-11-21(26)24-14-6-2-3-7-15-24/h4-5,8-9,12-13H,2-3,6-7,10-11,14-16H2,1H3. The van der Waals surface area contributed by atoms with Crippen molar-refractivity contribution in [3.8, 4) is 0 Å². The molecule has 1 saturated heterocycles. The molecule has 1 aromatic heterocycles. The number of amides is 2. The van der Waals surface area contributed by atoms with Crippen LogP contribution in [0, 0.1) is 0 Å². The minimum absolute atomic E-state index is 0.00839. The normalized spacial score (nSPS) is 14.9. The van der Waals surface area contributed by atoms with Crippen LogP contribution in [0.15, 0.2) is 36.5 Å². The zero-order valence-electron chi connectivity index (χ0n) is 15.5. The molecule has 138 valence electrons. The molecular formula is C21H27N3O2. The second-order valence-electron chi connectivity index (χ2n) is 7.03. The van der Waals surface area contributed by atoms with Crippen LogP contribution in [0.1, 0.15) is 44.1 Å². The van der Waals surface area contributed by atoms with Gasteiger partial charge in [0.2, 0.25) is 11.8 Å². The Labute approximate surface area is 155 Å². The Balaban J connectivity index is 1.55. The van der Waals surface area contributed by atoms with Crippen LogP contribution in [0.5, 0.6) is 0 Å². The molecule has 0 bridgehead atoms. The zero-order chi connectivity index (χ0) is 18.4. The van der Waals surface area contributed by atoms with Gasteiger partial charge in [0.05, 0.1) is 5.52 Å². The van der Waals surface area contributed by atoms with E-state index < -0.39 is 0 Å². The molecule has 2 heterocycles. The fourth-order valence-corrected chi connectivity index (χ4v) is 3.52. The van der Waals surface area contributed by atoms with Crippen molar-refractivity contribution in [2.24, 2.45) is 0 Å². The van der Waals surface area contributed by atoms with Gasteiger partial charge in [0, 0.05) is 51.1 Å². The highest BCUT2D eigenvalue weighted by atomic mass is 16.2. The molecule has 1 aliphatic rings. The van der Waals surface area contributed by atoms with E-state index in [-0.39, 0.29) is 18.2 Å². The van der Waals surface area contributed by atoms with Crippen LogP contribution in [-0.2, 0) is 16.1 Å². The lowest BCUT2D eigenvalue weighted by Gasteiger charge is -2.22. The Morgan fingerprint density at radius 2 is 1.77 bits per heavy atom. The molecule has 2 aromatic rings. The summed E-state index contributed by atoms with van der Waals surface area (Å²) in [5.41, 5.74) is 2.01. The summed E-state index contributed by atoms with van der Waals surface area (Å²) < 4.78 is 0. The van der Waals surface area contributed by atoms with Crippen molar-refractivity contribution in [3.63, 3.8) is 0 Å². The van der Waals surface area contributed by atoms with Gasteiger partial charge in [-0.2, -0.15) is 0 Å². The Kier molecular flexibility index (Phi) is 6.21. The monoisotopic (exact) mass is 353 g/mol. The molecule has 1 aliphatic heterocycles. The third kappa shape index (κ3) is 4.59. The molecule has 0 radical (unpaired) electrons. The maximum absolute atomic E-state index is 12.5. The fraction of sp³-hybridized carbons (Fsp3) is 0.476. The SMILES string of the molecule is CN(Cc1ccnc2ccccc12)C(=O)CCC(=O)N1CCCCCC1. The lowest BCUT2D eigenvalue weighted by atomic mass is 10.1. The van der Waals surface area contributed by atoms with Crippen molar-refractivity contribution in [1.29, 1.82) is 0 Å². The number of fused-ring (bicyclic) bond motifs is 1. The zero-order valence-corrected chi connectivity index (χ0v) is 15.5. The minimum atomic E-state index is 0.00839. The minimum Gasteiger partial charge on any atom is -0.343 e. The van der Waals surface area contributed by atoms with Crippen molar-refractivity contribution in [2.75, 3.05) is 20.1 Å². The molecule has 2 amide bonds. The third-order valence-corrected chi connectivity index (χ3v) is 5.08. The molecule has 3 rings (SSSR count). The second kappa shape index (κ2) is 8.79. The van der Waals surface area contributed by atoms with E-state index >= 15 is 0 Å². The summed E-state index contributed by atoms with van der Waals surface area (Å²) in [6.07, 6.45) is 6.91. The van der Waals surface area contributed by atoms with Gasteiger partial charge in [-0.1, -0.05) is 31.0 Å². The first-order chi connectivity index (χ1) is 12.6. The number of benzene rings is 1. The van der Waals surface area contributed by atoms with Crippen LogP contribution in [0.4, 0.5) is 0 Å². The van der Waals surface area contributed by atoms with E-state index in [4.69, 9.17) is 0 Å². The van der Waals surface area contributed by atoms with Crippen LogP contribution in [0.2, 0.25) is 0 Å². The largest absolute Gasteiger partial charge is 0.343 e. The van der Waals surface area contributed by atoms with E-state index in [1.807, 2.05) is 35.2 Å². The first-order valence-corrected chi connectivity index (χ1v) is 9.49. The topological polar surface area (TPSA) is 53.5 Å². The predicted molar refractivity (Wildman–Crippen MR) is 102 cm³/mol. The molecule has 1 aromatic carbocycles. The van der Waals surface area contributed by atoms with E-state index in [0.717, 1.165) is 42.4 Å². The van der Waals surface area contributed by atoms with Crippen molar-refractivity contribution in [2.45, 2.75) is 45.1 Å². The summed E-state index contributed by atoms with van der Waals surface area (Å²) >= 11 is 0. The van der Waals surface area contributed by atoms with Gasteiger partial charge < -0.3 is 9.80 Å². The molecule has 0 N–H and O–H groups in total. The van der Waals surface area contributed by atoms with Gasteiger partial charge in [-0.3, -0.25) is 14.6 Å². The predicted octanol–water partition coefficient (Wildman–Crippen LogP) is 3.38. The maximum Gasteiger partial charge on any atom is 0.223 e. The van der Waals surface area contributed by atoms with Crippen molar-refractivity contribution < 1.29 is 9.59 Å². The molecule has 0 aliphatic carbocycles. The number of pyridine rings is 1. The number of hydrogen-bond acceptors (Lipinski definition) is 3. The van der Waals surface area contributed by atoms with E-state index in [2.05, 4.69) is 4.98 Å². The van der Waals surface area contributed by atoms with Gasteiger partial charge in [-0.15, -0.1) is 0 Å². The number of rotatable bonds is 5. The van der Waals surface area contributed by atoms with Crippen molar-refractivity contribution >= 4 is 22.7 Å². The highest BCUT2D eigenvalue weighted by molar-refractivity contribution is 5.85. The highest BCUT2D eigenvalue weighted by Crippen LogP contribution is 2.18. The Morgan fingerprint density at radius 3 is 2.54 bits per heavy atom. The average Bonchev–Trinajstić information content (AvgIpc) is 2.95. The molecule has 0 atom stereocenters. The van der Waals surface area contributed by atoms with Crippen LogP contribution in [0.3, 0.4) is 0 Å². The summed E-state index contributed by atoms with van der Waals surface area (Å²) in [7, 11) is 1.80. The van der Waals surface area contributed by atoms with Gasteiger partial charge in [0.1, 0.15) is 0 Å². The molecule has 5 heteroatoms. The maximum atomic E-state index is 12.5. The van der Waals surface area contributed by atoms with Crippen molar-refractivity contribution in [3.05, 3.63) is 42.1 Å². The lowest BCUT2D eigenvalue weighted by molar-refractivity contribution is -0.136.